The fourth-order valence-electron chi connectivity index (χ4n) is 2.44. The number of nitro benzene ring substituents is 1. The molecule has 1 saturated carbocycles. The fourth-order valence-corrected chi connectivity index (χ4v) is 2.44. The quantitative estimate of drug-likeness (QED) is 0.442. The van der Waals surface area contributed by atoms with E-state index in [-0.39, 0.29) is 11.3 Å². The van der Waals surface area contributed by atoms with Crippen LogP contribution in [0.25, 0.3) is 0 Å². The molecule has 0 aliphatic heterocycles. The first-order valence-electron chi connectivity index (χ1n) is 6.62. The number of anilines is 1. The number of aliphatic hydroxyl groups excluding tert-OH is 1. The van der Waals surface area contributed by atoms with Gasteiger partial charge in [-0.2, -0.15) is 0 Å². The van der Waals surface area contributed by atoms with Gasteiger partial charge >= 0.3 is 0 Å². The Morgan fingerprint density at radius 3 is 2.71 bits per heavy atom. The number of halogens is 1. The molecule has 2 atom stereocenters. The second kappa shape index (κ2) is 6.04. The van der Waals surface area contributed by atoms with Crippen molar-refractivity contribution in [1.29, 1.82) is 0 Å². The van der Waals surface area contributed by atoms with E-state index in [1.54, 1.807) is 0 Å². The minimum Gasteiger partial charge on any atom is -0.396 e. The van der Waals surface area contributed by atoms with Crippen LogP contribution >= 0.6 is 0 Å². The summed E-state index contributed by atoms with van der Waals surface area (Å²) in [5.74, 6) is -1.68. The maximum Gasteiger partial charge on any atom is 0.285 e. The zero-order chi connectivity index (χ0) is 15.6. The number of nitro groups is 1. The number of hydrogen-bond acceptors (Lipinski definition) is 5. The molecule has 0 bridgehead atoms. The Morgan fingerprint density at radius 1 is 1.43 bits per heavy atom. The number of rotatable bonds is 3. The minimum absolute atomic E-state index is 0.309. The van der Waals surface area contributed by atoms with E-state index in [0.717, 1.165) is 18.9 Å². The van der Waals surface area contributed by atoms with Crippen molar-refractivity contribution in [2.75, 3.05) is 5.73 Å². The molecule has 1 amide bonds. The summed E-state index contributed by atoms with van der Waals surface area (Å²) in [6, 6.07) is 1.11. The molecular weight excluding hydrogens is 281 g/mol. The van der Waals surface area contributed by atoms with Gasteiger partial charge < -0.3 is 16.2 Å². The number of carbonyl (C=O) groups is 1. The van der Waals surface area contributed by atoms with Gasteiger partial charge in [0.25, 0.3) is 11.6 Å². The summed E-state index contributed by atoms with van der Waals surface area (Å²) in [4.78, 5) is 22.2. The van der Waals surface area contributed by atoms with Crippen LogP contribution in [0.4, 0.5) is 15.8 Å². The highest BCUT2D eigenvalue weighted by atomic mass is 19.1. The van der Waals surface area contributed by atoms with Crippen molar-refractivity contribution in [3.8, 4) is 0 Å². The molecule has 0 aromatic heterocycles. The molecule has 8 heteroatoms. The summed E-state index contributed by atoms with van der Waals surface area (Å²) >= 11 is 0. The average molecular weight is 297 g/mol. The van der Waals surface area contributed by atoms with Crippen molar-refractivity contribution in [2.24, 2.45) is 0 Å². The molecule has 0 spiro atoms. The number of hydrogen-bond donors (Lipinski definition) is 3. The van der Waals surface area contributed by atoms with Gasteiger partial charge in [-0.15, -0.1) is 0 Å². The van der Waals surface area contributed by atoms with Crippen LogP contribution in [0.2, 0.25) is 0 Å². The van der Waals surface area contributed by atoms with E-state index in [1.807, 2.05) is 0 Å². The molecule has 1 aromatic carbocycles. The molecule has 1 fully saturated rings. The maximum absolute atomic E-state index is 13.3. The highest BCUT2D eigenvalue weighted by Crippen LogP contribution is 2.25. The smallest absolute Gasteiger partial charge is 0.285 e. The third-order valence-corrected chi connectivity index (χ3v) is 3.60. The molecule has 21 heavy (non-hydrogen) atoms. The second-order valence-electron chi connectivity index (χ2n) is 5.08. The minimum atomic E-state index is -0.948. The van der Waals surface area contributed by atoms with Gasteiger partial charge in [0.05, 0.1) is 28.8 Å². The third-order valence-electron chi connectivity index (χ3n) is 3.60. The molecule has 7 nitrogen and oxygen atoms in total. The lowest BCUT2D eigenvalue weighted by Gasteiger charge is -2.28. The Balaban J connectivity index is 2.26. The van der Waals surface area contributed by atoms with Crippen LogP contribution in [-0.4, -0.2) is 28.1 Å². The van der Waals surface area contributed by atoms with Gasteiger partial charge in [-0.05, 0) is 18.9 Å². The van der Waals surface area contributed by atoms with Crippen molar-refractivity contribution < 1.29 is 19.2 Å². The number of nitrogen functional groups attached to an aromatic ring is 1. The number of carbonyl (C=O) groups excluding carboxylic acids is 1. The first-order chi connectivity index (χ1) is 9.90. The van der Waals surface area contributed by atoms with E-state index in [0.29, 0.717) is 18.9 Å². The monoisotopic (exact) mass is 297 g/mol. The number of amides is 1. The molecule has 0 saturated heterocycles. The Hall–Kier alpha value is -2.22. The van der Waals surface area contributed by atoms with Gasteiger partial charge in [0.1, 0.15) is 5.56 Å². The number of benzene rings is 1. The first kappa shape index (κ1) is 15.2. The molecule has 114 valence electrons. The Morgan fingerprint density at radius 2 is 2.10 bits per heavy atom. The first-order valence-corrected chi connectivity index (χ1v) is 6.62. The zero-order valence-electron chi connectivity index (χ0n) is 11.2. The van der Waals surface area contributed by atoms with Gasteiger partial charge in [0, 0.05) is 0 Å². The van der Waals surface area contributed by atoms with Crippen LogP contribution in [0.1, 0.15) is 36.0 Å². The largest absolute Gasteiger partial charge is 0.396 e. The van der Waals surface area contributed by atoms with Crippen molar-refractivity contribution in [1.82, 2.24) is 5.32 Å². The normalized spacial score (nSPS) is 21.8. The summed E-state index contributed by atoms with van der Waals surface area (Å²) in [5.41, 5.74) is 4.07. The molecule has 2 rings (SSSR count). The molecule has 1 aliphatic carbocycles. The van der Waals surface area contributed by atoms with E-state index in [2.05, 4.69) is 5.32 Å². The summed E-state index contributed by atoms with van der Waals surface area (Å²) in [5, 5.41) is 23.3. The number of nitrogens with two attached hydrogens (primary N) is 1. The maximum atomic E-state index is 13.3. The molecule has 2 unspecified atom stereocenters. The van der Waals surface area contributed by atoms with Crippen LogP contribution in [-0.2, 0) is 0 Å². The Bertz CT molecular complexity index is 579. The summed E-state index contributed by atoms with van der Waals surface area (Å²) in [7, 11) is 0. The third kappa shape index (κ3) is 3.27. The Labute approximate surface area is 120 Å². The van der Waals surface area contributed by atoms with Gasteiger partial charge in [-0.1, -0.05) is 12.8 Å². The second-order valence-corrected chi connectivity index (χ2v) is 5.08. The van der Waals surface area contributed by atoms with E-state index < -0.39 is 34.5 Å². The molecular formula is C13H16FN3O4. The molecule has 0 radical (unpaired) electrons. The van der Waals surface area contributed by atoms with E-state index in [4.69, 9.17) is 5.73 Å². The average Bonchev–Trinajstić information content (AvgIpc) is 2.43. The highest BCUT2D eigenvalue weighted by molar-refractivity contribution is 5.99. The van der Waals surface area contributed by atoms with Gasteiger partial charge in [-0.3, -0.25) is 14.9 Å². The zero-order valence-corrected chi connectivity index (χ0v) is 11.2. The molecule has 4 N–H and O–H groups in total. The van der Waals surface area contributed by atoms with Crippen LogP contribution in [0.15, 0.2) is 12.1 Å². The van der Waals surface area contributed by atoms with Crippen LogP contribution in [0.5, 0.6) is 0 Å². The standard InChI is InChI=1S/C13H16FN3O4/c14-8-6-11(17(20)21)7(5-9(8)15)13(19)16-10-3-1-2-4-12(10)18/h5-6,10,12,18H,1-4,15H2,(H,16,19). The van der Waals surface area contributed by atoms with Crippen molar-refractivity contribution in [2.45, 2.75) is 37.8 Å². The highest BCUT2D eigenvalue weighted by Gasteiger charge is 2.28. The lowest BCUT2D eigenvalue weighted by atomic mass is 9.92. The number of nitrogens with zero attached hydrogens (tertiary/aromatic N) is 1. The lowest BCUT2D eigenvalue weighted by Crippen LogP contribution is -2.45. The van der Waals surface area contributed by atoms with Gasteiger partial charge in [-0.25, -0.2) is 4.39 Å². The summed E-state index contributed by atoms with van der Waals surface area (Å²) in [6.45, 7) is 0. The van der Waals surface area contributed by atoms with Crippen molar-refractivity contribution in [3.05, 3.63) is 33.6 Å². The van der Waals surface area contributed by atoms with E-state index >= 15 is 0 Å². The molecule has 1 aromatic rings. The van der Waals surface area contributed by atoms with Crippen molar-refractivity contribution >= 4 is 17.3 Å². The van der Waals surface area contributed by atoms with E-state index in [1.165, 1.54) is 0 Å². The van der Waals surface area contributed by atoms with Crippen LogP contribution in [0.3, 0.4) is 0 Å². The molecule has 1 aliphatic rings. The Kier molecular flexibility index (Phi) is 4.37. The van der Waals surface area contributed by atoms with Crippen LogP contribution < -0.4 is 11.1 Å². The fraction of sp³-hybridized carbons (Fsp3) is 0.462. The molecule has 0 heterocycles. The summed E-state index contributed by atoms with van der Waals surface area (Å²) in [6.07, 6.45) is 2.21. The predicted molar refractivity (Wildman–Crippen MR) is 73.2 cm³/mol. The predicted octanol–water partition coefficient (Wildman–Crippen LogP) is 1.35. The number of nitrogens with one attached hydrogen (secondary N) is 1. The summed E-state index contributed by atoms with van der Waals surface area (Å²) < 4.78 is 13.3. The lowest BCUT2D eigenvalue weighted by molar-refractivity contribution is -0.385. The van der Waals surface area contributed by atoms with Crippen molar-refractivity contribution in [3.63, 3.8) is 0 Å². The van der Waals surface area contributed by atoms with Gasteiger partial charge in [0.15, 0.2) is 5.82 Å². The topological polar surface area (TPSA) is 118 Å². The van der Waals surface area contributed by atoms with Gasteiger partial charge in [0.2, 0.25) is 0 Å². The SMILES string of the molecule is Nc1cc(C(=O)NC2CCCCC2O)c([N+](=O)[O-])cc1F. The van der Waals surface area contributed by atoms with E-state index in [9.17, 15) is 24.4 Å². The van der Waals surface area contributed by atoms with Crippen LogP contribution in [0, 0.1) is 15.9 Å². The number of aliphatic hydroxyl groups is 1.